The molecule has 6 nitrogen and oxygen atoms in total. The number of ether oxygens (including phenoxy) is 3. The van der Waals surface area contributed by atoms with Crippen molar-refractivity contribution in [3.63, 3.8) is 0 Å². The van der Waals surface area contributed by atoms with E-state index < -0.39 is 6.10 Å². The van der Waals surface area contributed by atoms with Gasteiger partial charge in [0.05, 0.1) is 0 Å². The fourth-order valence-corrected chi connectivity index (χ4v) is 7.89. The van der Waals surface area contributed by atoms with Crippen LogP contribution in [-0.2, 0) is 28.6 Å². The summed E-state index contributed by atoms with van der Waals surface area (Å²) in [6, 6.07) is 0. The van der Waals surface area contributed by atoms with Crippen molar-refractivity contribution in [2.24, 2.45) is 0 Å². The molecule has 0 bridgehead atoms. The summed E-state index contributed by atoms with van der Waals surface area (Å²) in [6.45, 7) is 6.45. The Balaban J connectivity index is 3.93. The number of carbonyl (C=O) groups excluding carboxylic acids is 3. The normalized spacial score (nSPS) is 12.7. The van der Waals surface area contributed by atoms with Crippen molar-refractivity contribution in [1.82, 2.24) is 0 Å². The van der Waals surface area contributed by atoms with Crippen molar-refractivity contribution >= 4 is 17.9 Å². The first-order valence-corrected chi connectivity index (χ1v) is 28.6. The molecular weight excluding hydrogens is 841 g/mol. The van der Waals surface area contributed by atoms with Crippen molar-refractivity contribution in [1.29, 1.82) is 0 Å². The van der Waals surface area contributed by atoms with Gasteiger partial charge in [0.15, 0.2) is 6.10 Å². The summed E-state index contributed by atoms with van der Waals surface area (Å²) in [5, 5.41) is 0. The minimum Gasteiger partial charge on any atom is -0.462 e. The SMILES string of the molecule is CC/C=C\C/C=C\C/C=C\C/C=C\C/C=C\C/C=C\C/C=C\CCCCCCCCCCCCCCCC(=O)OCC(COC(=O)CCCCCCCCC)OC(=O)CCCCCCCCCC. The van der Waals surface area contributed by atoms with E-state index in [1.54, 1.807) is 0 Å². The average molecular weight is 948 g/mol. The number of allylic oxidation sites excluding steroid dienone is 14. The zero-order valence-corrected chi connectivity index (χ0v) is 44.6. The molecule has 0 amide bonds. The van der Waals surface area contributed by atoms with Crippen LogP contribution in [0.2, 0.25) is 0 Å². The first-order chi connectivity index (χ1) is 33.5. The Morgan fingerprint density at radius 1 is 0.309 bits per heavy atom. The average Bonchev–Trinajstić information content (AvgIpc) is 3.34. The fraction of sp³-hybridized carbons (Fsp3) is 0.726. The third-order valence-corrected chi connectivity index (χ3v) is 12.2. The number of carbonyl (C=O) groups is 3. The second-order valence-electron chi connectivity index (χ2n) is 18.8. The Hall–Kier alpha value is -3.41. The van der Waals surface area contributed by atoms with Crippen LogP contribution in [0.4, 0.5) is 0 Å². The molecule has 0 saturated heterocycles. The van der Waals surface area contributed by atoms with Crippen LogP contribution in [0.1, 0.15) is 271 Å². The Kier molecular flexibility index (Phi) is 53.4. The van der Waals surface area contributed by atoms with Gasteiger partial charge >= 0.3 is 17.9 Å². The highest BCUT2D eigenvalue weighted by Crippen LogP contribution is 2.15. The van der Waals surface area contributed by atoms with Crippen LogP contribution < -0.4 is 0 Å². The van der Waals surface area contributed by atoms with Gasteiger partial charge in [-0.15, -0.1) is 0 Å². The molecule has 0 fully saturated rings. The number of hydrogen-bond acceptors (Lipinski definition) is 6. The summed E-state index contributed by atoms with van der Waals surface area (Å²) < 4.78 is 16.7. The van der Waals surface area contributed by atoms with Crippen molar-refractivity contribution in [3.05, 3.63) is 85.1 Å². The van der Waals surface area contributed by atoms with E-state index in [0.29, 0.717) is 19.3 Å². The Labute approximate surface area is 420 Å². The van der Waals surface area contributed by atoms with E-state index >= 15 is 0 Å². The van der Waals surface area contributed by atoms with Gasteiger partial charge in [-0.05, 0) is 77.0 Å². The lowest BCUT2D eigenvalue weighted by atomic mass is 10.0. The first-order valence-electron chi connectivity index (χ1n) is 28.6. The summed E-state index contributed by atoms with van der Waals surface area (Å²) >= 11 is 0. The fourth-order valence-electron chi connectivity index (χ4n) is 7.89. The zero-order valence-electron chi connectivity index (χ0n) is 44.6. The monoisotopic (exact) mass is 947 g/mol. The van der Waals surface area contributed by atoms with Crippen molar-refractivity contribution in [2.45, 2.75) is 277 Å². The first kappa shape index (κ1) is 64.6. The second-order valence-corrected chi connectivity index (χ2v) is 18.8. The molecule has 6 heteroatoms. The maximum atomic E-state index is 12.7. The van der Waals surface area contributed by atoms with E-state index in [2.05, 4.69) is 106 Å². The molecule has 68 heavy (non-hydrogen) atoms. The van der Waals surface area contributed by atoms with Crippen LogP contribution in [0.5, 0.6) is 0 Å². The summed E-state index contributed by atoms with van der Waals surface area (Å²) in [6.07, 6.45) is 73.4. The number of esters is 3. The lowest BCUT2D eigenvalue weighted by molar-refractivity contribution is -0.167. The molecular formula is C62H106O6. The highest BCUT2D eigenvalue weighted by atomic mass is 16.6. The molecule has 0 aromatic rings. The lowest BCUT2D eigenvalue weighted by Gasteiger charge is -2.18. The molecule has 0 spiro atoms. The second kappa shape index (κ2) is 56.2. The predicted octanol–water partition coefficient (Wildman–Crippen LogP) is 19.2. The molecule has 0 N–H and O–H groups in total. The van der Waals surface area contributed by atoms with Gasteiger partial charge in [-0.2, -0.15) is 0 Å². The molecule has 0 radical (unpaired) electrons. The Bertz CT molecular complexity index is 1320. The van der Waals surface area contributed by atoms with Crippen molar-refractivity contribution in [3.8, 4) is 0 Å². The van der Waals surface area contributed by atoms with E-state index in [1.807, 2.05) is 0 Å². The molecule has 0 aliphatic carbocycles. The third kappa shape index (κ3) is 53.5. The van der Waals surface area contributed by atoms with Gasteiger partial charge < -0.3 is 14.2 Å². The van der Waals surface area contributed by atoms with Crippen molar-refractivity contribution in [2.75, 3.05) is 13.2 Å². The molecule has 390 valence electrons. The van der Waals surface area contributed by atoms with Gasteiger partial charge in [0, 0.05) is 19.3 Å². The lowest BCUT2D eigenvalue weighted by Crippen LogP contribution is -2.30. The molecule has 0 saturated carbocycles. The number of unbranched alkanes of at least 4 members (excludes halogenated alkanes) is 26. The van der Waals surface area contributed by atoms with E-state index in [9.17, 15) is 14.4 Å². The van der Waals surface area contributed by atoms with Gasteiger partial charge in [-0.25, -0.2) is 0 Å². The topological polar surface area (TPSA) is 78.9 Å². The Morgan fingerprint density at radius 2 is 0.574 bits per heavy atom. The number of rotatable bonds is 51. The highest BCUT2D eigenvalue weighted by Gasteiger charge is 2.19. The molecule has 1 unspecified atom stereocenters. The third-order valence-electron chi connectivity index (χ3n) is 12.2. The van der Waals surface area contributed by atoms with E-state index in [0.717, 1.165) is 103 Å². The molecule has 0 rings (SSSR count). The molecule has 1 atom stereocenters. The van der Waals surface area contributed by atoms with Crippen LogP contribution in [0, 0.1) is 0 Å². The maximum Gasteiger partial charge on any atom is 0.306 e. The predicted molar refractivity (Wildman–Crippen MR) is 293 cm³/mol. The van der Waals surface area contributed by atoms with Gasteiger partial charge in [0.2, 0.25) is 0 Å². The number of hydrogen-bond donors (Lipinski definition) is 0. The smallest absolute Gasteiger partial charge is 0.306 e. The van der Waals surface area contributed by atoms with E-state index in [-0.39, 0.29) is 31.1 Å². The van der Waals surface area contributed by atoms with E-state index in [4.69, 9.17) is 14.2 Å². The van der Waals surface area contributed by atoms with E-state index in [1.165, 1.54) is 128 Å². The molecule has 0 aliphatic heterocycles. The van der Waals surface area contributed by atoms with Gasteiger partial charge in [-0.1, -0.05) is 260 Å². The Morgan fingerprint density at radius 3 is 0.897 bits per heavy atom. The zero-order chi connectivity index (χ0) is 49.3. The van der Waals surface area contributed by atoms with Crippen LogP contribution in [0.15, 0.2) is 85.1 Å². The summed E-state index contributed by atoms with van der Waals surface area (Å²) in [5.74, 6) is -0.882. The summed E-state index contributed by atoms with van der Waals surface area (Å²) in [4.78, 5) is 37.7. The van der Waals surface area contributed by atoms with Gasteiger partial charge in [-0.3, -0.25) is 14.4 Å². The molecule has 0 heterocycles. The summed E-state index contributed by atoms with van der Waals surface area (Å²) in [5.41, 5.74) is 0. The largest absolute Gasteiger partial charge is 0.462 e. The minimum atomic E-state index is -0.767. The minimum absolute atomic E-state index is 0.0725. The van der Waals surface area contributed by atoms with Crippen LogP contribution in [0.3, 0.4) is 0 Å². The van der Waals surface area contributed by atoms with Gasteiger partial charge in [0.25, 0.3) is 0 Å². The quantitative estimate of drug-likeness (QED) is 0.0262. The standard InChI is InChI=1S/C62H106O6/c1-4-7-10-13-16-18-19-20-21-22-23-24-25-26-27-28-29-30-31-32-33-34-35-36-37-38-39-40-41-42-43-44-47-49-52-55-61(64)67-58-59(57-66-60(63)54-51-48-45-15-12-9-6-3)68-62(65)56-53-50-46-17-14-11-8-5-2/h7,10,16,18,20-21,23-24,26-27,29-30,32-33,59H,4-6,8-9,11-15,17,19,22,25,28,31,34-58H2,1-3H3/b10-7-,18-16-,21-20-,24-23-,27-26-,30-29-,33-32-. The van der Waals surface area contributed by atoms with Crippen molar-refractivity contribution < 1.29 is 28.6 Å². The van der Waals surface area contributed by atoms with Crippen LogP contribution in [0.25, 0.3) is 0 Å². The summed E-state index contributed by atoms with van der Waals surface area (Å²) in [7, 11) is 0. The molecule has 0 aromatic carbocycles. The maximum absolute atomic E-state index is 12.7. The van der Waals surface area contributed by atoms with Crippen LogP contribution >= 0.6 is 0 Å². The highest BCUT2D eigenvalue weighted by molar-refractivity contribution is 5.71. The molecule has 0 aromatic heterocycles. The van der Waals surface area contributed by atoms with Gasteiger partial charge in [0.1, 0.15) is 13.2 Å². The molecule has 0 aliphatic rings. The van der Waals surface area contributed by atoms with Crippen LogP contribution in [-0.4, -0.2) is 37.2 Å².